The van der Waals surface area contributed by atoms with E-state index < -0.39 is 0 Å². The lowest BCUT2D eigenvalue weighted by Gasteiger charge is -2.12. The molecule has 0 aliphatic carbocycles. The molecule has 0 atom stereocenters. The number of halogens is 1. The fourth-order valence-electron chi connectivity index (χ4n) is 3.57. The number of benzene rings is 3. The van der Waals surface area contributed by atoms with Gasteiger partial charge in [0.2, 0.25) is 0 Å². The lowest BCUT2D eigenvalue weighted by atomic mass is 10.0. The van der Waals surface area contributed by atoms with E-state index >= 15 is 0 Å². The molecule has 5 aromatic rings. The average Bonchev–Trinajstić information content (AvgIpc) is 3.19. The molecule has 0 fully saturated rings. The van der Waals surface area contributed by atoms with E-state index in [4.69, 9.17) is 11.6 Å². The van der Waals surface area contributed by atoms with Gasteiger partial charge in [-0.05, 0) is 48.9 Å². The monoisotopic (exact) mass is 412 g/mol. The summed E-state index contributed by atoms with van der Waals surface area (Å²) in [6, 6.07) is 23.4. The third-order valence-electron chi connectivity index (χ3n) is 5.03. The zero-order chi connectivity index (χ0) is 20.7. The van der Waals surface area contributed by atoms with Gasteiger partial charge in [0.05, 0.1) is 5.69 Å². The van der Waals surface area contributed by atoms with Crippen LogP contribution in [-0.4, -0.2) is 19.5 Å². The molecule has 6 heteroatoms. The minimum atomic E-state index is -0.248. The van der Waals surface area contributed by atoms with Gasteiger partial charge in [-0.1, -0.05) is 53.6 Å². The van der Waals surface area contributed by atoms with Gasteiger partial charge in [0.1, 0.15) is 12.2 Å². The Balaban J connectivity index is 1.70. The van der Waals surface area contributed by atoms with Gasteiger partial charge < -0.3 is 4.98 Å². The average molecular weight is 413 g/mol. The fourth-order valence-corrected chi connectivity index (χ4v) is 3.69. The molecule has 30 heavy (non-hydrogen) atoms. The molecule has 2 aromatic heterocycles. The van der Waals surface area contributed by atoms with Gasteiger partial charge >= 0.3 is 0 Å². The number of fused-ring (bicyclic) bond motifs is 1. The summed E-state index contributed by atoms with van der Waals surface area (Å²) in [5, 5.41) is 0.624. The normalized spacial score (nSPS) is 11.1. The summed E-state index contributed by atoms with van der Waals surface area (Å²) < 4.78 is 1.80. The molecule has 2 heterocycles. The van der Waals surface area contributed by atoms with Crippen LogP contribution in [0.15, 0.2) is 83.9 Å². The van der Waals surface area contributed by atoms with Crippen LogP contribution in [0.2, 0.25) is 5.02 Å². The van der Waals surface area contributed by atoms with Crippen LogP contribution in [0.4, 0.5) is 0 Å². The highest BCUT2D eigenvalue weighted by atomic mass is 35.5. The van der Waals surface area contributed by atoms with Gasteiger partial charge in [0, 0.05) is 16.1 Å². The van der Waals surface area contributed by atoms with Crippen molar-refractivity contribution in [3.63, 3.8) is 0 Å². The van der Waals surface area contributed by atoms with Crippen LogP contribution >= 0.6 is 11.6 Å². The smallest absolute Gasteiger partial charge is 0.277 e. The summed E-state index contributed by atoms with van der Waals surface area (Å²) >= 11 is 5.97. The first-order chi connectivity index (χ1) is 14.6. The second kappa shape index (κ2) is 7.28. The summed E-state index contributed by atoms with van der Waals surface area (Å²) in [6.07, 6.45) is 1.65. The fraction of sp³-hybridized carbons (Fsp3) is 0.0417. The Morgan fingerprint density at radius 1 is 0.933 bits per heavy atom. The van der Waals surface area contributed by atoms with Gasteiger partial charge in [0.25, 0.3) is 5.56 Å². The maximum Gasteiger partial charge on any atom is 0.277 e. The molecule has 5 rings (SSSR count). The van der Waals surface area contributed by atoms with E-state index in [-0.39, 0.29) is 5.56 Å². The summed E-state index contributed by atoms with van der Waals surface area (Å²) in [6.45, 7) is 2.05. The summed E-state index contributed by atoms with van der Waals surface area (Å²) in [5.41, 5.74) is 5.43. The van der Waals surface area contributed by atoms with E-state index in [2.05, 4.69) is 40.1 Å². The zero-order valence-corrected chi connectivity index (χ0v) is 16.9. The molecule has 0 spiro atoms. The summed E-state index contributed by atoms with van der Waals surface area (Å²) in [4.78, 5) is 24.9. The van der Waals surface area contributed by atoms with E-state index in [1.807, 2.05) is 42.5 Å². The van der Waals surface area contributed by atoms with E-state index in [0.29, 0.717) is 22.0 Å². The standard InChI is InChI=1S/C24H17ClN4O/c1-15-7-12-20(19(13-15)16-5-3-2-4-6-16)29-14-26-23-21(29)24(30)28-22(27-23)17-8-10-18(25)11-9-17/h2-14H,1H3,(H,27,28,30). The molecule has 0 radical (unpaired) electrons. The van der Waals surface area contributed by atoms with Crippen molar-refractivity contribution in [3.8, 4) is 28.2 Å². The molecule has 1 N–H and O–H groups in total. The molecule has 0 unspecified atom stereocenters. The molecule has 0 aliphatic heterocycles. The number of rotatable bonds is 3. The Kier molecular flexibility index (Phi) is 4.45. The molecule has 0 aliphatic rings. The van der Waals surface area contributed by atoms with Crippen molar-refractivity contribution in [1.82, 2.24) is 19.5 Å². The molecule has 0 saturated carbocycles. The van der Waals surface area contributed by atoms with Crippen LogP contribution in [0.1, 0.15) is 5.56 Å². The Morgan fingerprint density at radius 2 is 1.70 bits per heavy atom. The first-order valence-electron chi connectivity index (χ1n) is 9.50. The zero-order valence-electron chi connectivity index (χ0n) is 16.1. The Labute approximate surface area is 177 Å². The molecule has 0 saturated heterocycles. The number of imidazole rings is 1. The highest BCUT2D eigenvalue weighted by Gasteiger charge is 2.16. The van der Waals surface area contributed by atoms with Gasteiger partial charge in [-0.2, -0.15) is 0 Å². The first-order valence-corrected chi connectivity index (χ1v) is 9.88. The van der Waals surface area contributed by atoms with Crippen LogP contribution in [0.5, 0.6) is 0 Å². The van der Waals surface area contributed by atoms with Crippen molar-refractivity contribution in [2.24, 2.45) is 0 Å². The van der Waals surface area contributed by atoms with Crippen LogP contribution in [0.3, 0.4) is 0 Å². The molecule has 5 nitrogen and oxygen atoms in total. The molecular formula is C24H17ClN4O. The lowest BCUT2D eigenvalue weighted by molar-refractivity contribution is 1.07. The summed E-state index contributed by atoms with van der Waals surface area (Å²) in [5.74, 6) is 0.460. The third-order valence-corrected chi connectivity index (χ3v) is 5.28. The molecule has 3 aromatic carbocycles. The minimum absolute atomic E-state index is 0.248. The van der Waals surface area contributed by atoms with Crippen LogP contribution < -0.4 is 5.56 Å². The lowest BCUT2D eigenvalue weighted by Crippen LogP contribution is -2.13. The van der Waals surface area contributed by atoms with Crippen LogP contribution in [0.25, 0.3) is 39.4 Å². The van der Waals surface area contributed by atoms with Crippen molar-refractivity contribution in [2.45, 2.75) is 6.92 Å². The highest BCUT2D eigenvalue weighted by molar-refractivity contribution is 6.30. The number of aromatic amines is 1. The van der Waals surface area contributed by atoms with Crippen molar-refractivity contribution in [1.29, 1.82) is 0 Å². The van der Waals surface area contributed by atoms with Crippen molar-refractivity contribution in [2.75, 3.05) is 0 Å². The summed E-state index contributed by atoms with van der Waals surface area (Å²) in [7, 11) is 0. The van der Waals surface area contributed by atoms with E-state index in [1.165, 1.54) is 0 Å². The second-order valence-electron chi connectivity index (χ2n) is 7.09. The van der Waals surface area contributed by atoms with Crippen molar-refractivity contribution in [3.05, 3.63) is 100 Å². The molecule has 146 valence electrons. The quantitative estimate of drug-likeness (QED) is 0.431. The molecule has 0 bridgehead atoms. The maximum absolute atomic E-state index is 13.0. The predicted molar refractivity (Wildman–Crippen MR) is 120 cm³/mol. The van der Waals surface area contributed by atoms with E-state index in [9.17, 15) is 4.79 Å². The van der Waals surface area contributed by atoms with Gasteiger partial charge in [-0.15, -0.1) is 0 Å². The Hall–Kier alpha value is -3.70. The number of hydrogen-bond acceptors (Lipinski definition) is 3. The van der Waals surface area contributed by atoms with Crippen molar-refractivity contribution >= 4 is 22.8 Å². The largest absolute Gasteiger partial charge is 0.305 e. The Bertz CT molecular complexity index is 1420. The van der Waals surface area contributed by atoms with Gasteiger partial charge in [-0.25, -0.2) is 9.97 Å². The number of hydrogen-bond donors (Lipinski definition) is 1. The number of H-pyrrole nitrogens is 1. The number of nitrogens with one attached hydrogen (secondary N) is 1. The van der Waals surface area contributed by atoms with Gasteiger partial charge in [-0.3, -0.25) is 9.36 Å². The SMILES string of the molecule is Cc1ccc(-n2cnc3nc(-c4ccc(Cl)cc4)[nH]c(=O)c32)c(-c2ccccc2)c1. The third kappa shape index (κ3) is 3.19. The van der Waals surface area contributed by atoms with E-state index in [0.717, 1.165) is 27.9 Å². The molecule has 0 amide bonds. The maximum atomic E-state index is 13.0. The van der Waals surface area contributed by atoms with E-state index in [1.54, 1.807) is 23.0 Å². The number of aromatic nitrogens is 4. The second-order valence-corrected chi connectivity index (χ2v) is 7.53. The minimum Gasteiger partial charge on any atom is -0.305 e. The topological polar surface area (TPSA) is 63.6 Å². The number of nitrogens with zero attached hydrogens (tertiary/aromatic N) is 3. The first kappa shape index (κ1) is 18.3. The van der Waals surface area contributed by atoms with Crippen molar-refractivity contribution < 1.29 is 0 Å². The molecular weight excluding hydrogens is 396 g/mol. The van der Waals surface area contributed by atoms with Crippen LogP contribution in [0, 0.1) is 6.92 Å². The number of aryl methyl sites for hydroxylation is 1. The highest BCUT2D eigenvalue weighted by Crippen LogP contribution is 2.29. The Morgan fingerprint density at radius 3 is 2.47 bits per heavy atom. The van der Waals surface area contributed by atoms with Gasteiger partial charge in [0.15, 0.2) is 11.2 Å². The predicted octanol–water partition coefficient (Wildman–Crippen LogP) is 5.40. The van der Waals surface area contributed by atoms with Crippen LogP contribution in [-0.2, 0) is 0 Å².